The second kappa shape index (κ2) is 5.83. The van der Waals surface area contributed by atoms with Crippen LogP contribution < -0.4 is 5.32 Å². The van der Waals surface area contributed by atoms with Gasteiger partial charge in [-0.3, -0.25) is 10.1 Å². The van der Waals surface area contributed by atoms with Crippen LogP contribution in [0.25, 0.3) is 0 Å². The molecule has 0 aromatic heterocycles. The second-order valence-electron chi connectivity index (χ2n) is 5.33. The molecule has 2 unspecified atom stereocenters. The molecule has 4 nitrogen and oxygen atoms in total. The summed E-state index contributed by atoms with van der Waals surface area (Å²) in [7, 11) is 2.13. The molecule has 0 bridgehead atoms. The summed E-state index contributed by atoms with van der Waals surface area (Å²) in [4.78, 5) is 16.4. The minimum atomic E-state index is -0.338. The van der Waals surface area contributed by atoms with Crippen molar-refractivity contribution in [2.24, 2.45) is 0 Å². The number of hydrogen-bond donors (Lipinski definition) is 1. The van der Waals surface area contributed by atoms with E-state index in [0.717, 1.165) is 25.9 Å². The molecule has 4 heteroatoms. The molecule has 17 heavy (non-hydrogen) atoms. The van der Waals surface area contributed by atoms with E-state index >= 15 is 0 Å². The fraction of sp³-hybridized carbons (Fsp3) is 0.923. The van der Waals surface area contributed by atoms with E-state index in [-0.39, 0.29) is 11.4 Å². The van der Waals surface area contributed by atoms with Gasteiger partial charge in [0.05, 0.1) is 12.2 Å². The molecule has 100 valence electrons. The average Bonchev–Trinajstić information content (AvgIpc) is 2.63. The smallest absolute Gasteiger partial charge is 0.243 e. The van der Waals surface area contributed by atoms with Crippen molar-refractivity contribution in [3.8, 4) is 0 Å². The fourth-order valence-corrected chi connectivity index (χ4v) is 2.03. The largest absolute Gasteiger partial charge is 0.327 e. The summed E-state index contributed by atoms with van der Waals surface area (Å²) in [6.45, 7) is 10.9. The number of carbonyl (C=O) groups excluding carboxylic acids is 1. The molecule has 0 aromatic rings. The normalized spacial score (nSPS) is 26.9. The van der Waals surface area contributed by atoms with Gasteiger partial charge in [0.1, 0.15) is 0 Å². The Morgan fingerprint density at radius 1 is 1.53 bits per heavy atom. The number of amides is 1. The number of hydrogen-bond acceptors (Lipinski definition) is 3. The van der Waals surface area contributed by atoms with Crippen molar-refractivity contribution in [1.82, 2.24) is 15.1 Å². The fourth-order valence-electron chi connectivity index (χ4n) is 2.03. The first-order valence-corrected chi connectivity index (χ1v) is 6.69. The lowest BCUT2D eigenvalue weighted by molar-refractivity contribution is -0.132. The van der Waals surface area contributed by atoms with Crippen molar-refractivity contribution in [2.75, 3.05) is 26.8 Å². The molecule has 1 amide bonds. The lowest BCUT2D eigenvalue weighted by Crippen LogP contribution is -2.44. The van der Waals surface area contributed by atoms with Crippen LogP contribution in [0.3, 0.4) is 0 Å². The first-order valence-electron chi connectivity index (χ1n) is 6.69. The maximum Gasteiger partial charge on any atom is 0.243 e. The highest BCUT2D eigenvalue weighted by atomic mass is 16.2. The van der Waals surface area contributed by atoms with Gasteiger partial charge in [0.25, 0.3) is 0 Å². The van der Waals surface area contributed by atoms with Crippen LogP contribution in [-0.4, -0.2) is 54.1 Å². The first-order chi connectivity index (χ1) is 7.94. The van der Waals surface area contributed by atoms with Crippen molar-refractivity contribution in [3.63, 3.8) is 0 Å². The third kappa shape index (κ3) is 3.19. The van der Waals surface area contributed by atoms with E-state index in [2.05, 4.69) is 38.0 Å². The highest BCUT2D eigenvalue weighted by Gasteiger charge is 2.40. The number of carbonyl (C=O) groups is 1. The number of nitrogens with zero attached hydrogens (tertiary/aromatic N) is 2. The van der Waals surface area contributed by atoms with E-state index in [9.17, 15) is 4.79 Å². The van der Waals surface area contributed by atoms with Crippen LogP contribution >= 0.6 is 0 Å². The first kappa shape index (κ1) is 14.5. The lowest BCUT2D eigenvalue weighted by Gasteiger charge is -2.26. The maximum absolute atomic E-state index is 12.2. The summed E-state index contributed by atoms with van der Waals surface area (Å²) in [6.07, 6.45) is 2.00. The van der Waals surface area contributed by atoms with Gasteiger partial charge in [-0.25, -0.2) is 0 Å². The molecule has 1 fully saturated rings. The Hall–Kier alpha value is -0.610. The molecule has 0 aliphatic carbocycles. The monoisotopic (exact) mass is 241 g/mol. The van der Waals surface area contributed by atoms with Crippen LogP contribution in [0.1, 0.15) is 40.5 Å². The molecule has 0 aromatic carbocycles. The lowest BCUT2D eigenvalue weighted by atomic mass is 9.99. The van der Waals surface area contributed by atoms with Gasteiger partial charge in [0.15, 0.2) is 0 Å². The summed E-state index contributed by atoms with van der Waals surface area (Å²) in [5.41, 5.74) is -0.338. The highest BCUT2D eigenvalue weighted by Crippen LogP contribution is 2.18. The molecule has 0 radical (unpaired) electrons. The molecule has 1 aliphatic heterocycles. The summed E-state index contributed by atoms with van der Waals surface area (Å²) < 4.78 is 0. The van der Waals surface area contributed by atoms with Crippen LogP contribution in [0.2, 0.25) is 0 Å². The number of rotatable bonds is 6. The van der Waals surface area contributed by atoms with E-state index in [4.69, 9.17) is 0 Å². The van der Waals surface area contributed by atoms with Gasteiger partial charge in [-0.1, -0.05) is 13.8 Å². The standard InChI is InChI=1S/C13H27N3O/c1-6-11(3)15(5)8-9-16-10-14-13(4,7-2)12(16)17/h11,14H,6-10H2,1-5H3. The second-order valence-corrected chi connectivity index (χ2v) is 5.33. The summed E-state index contributed by atoms with van der Waals surface area (Å²) in [6, 6.07) is 0.582. The van der Waals surface area contributed by atoms with E-state index in [0.29, 0.717) is 12.7 Å². The quantitative estimate of drug-likeness (QED) is 0.761. The van der Waals surface area contributed by atoms with Gasteiger partial charge < -0.3 is 9.80 Å². The van der Waals surface area contributed by atoms with Gasteiger partial charge in [-0.15, -0.1) is 0 Å². The number of likely N-dealkylation sites (N-methyl/N-ethyl adjacent to an activating group) is 1. The van der Waals surface area contributed by atoms with E-state index in [1.54, 1.807) is 0 Å². The number of nitrogens with one attached hydrogen (secondary N) is 1. The Morgan fingerprint density at radius 3 is 2.65 bits per heavy atom. The van der Waals surface area contributed by atoms with Crippen molar-refractivity contribution in [2.45, 2.75) is 52.1 Å². The van der Waals surface area contributed by atoms with Crippen molar-refractivity contribution < 1.29 is 4.79 Å². The molecule has 1 N–H and O–H groups in total. The van der Waals surface area contributed by atoms with Gasteiger partial charge in [-0.05, 0) is 33.7 Å². The van der Waals surface area contributed by atoms with Gasteiger partial charge in [0, 0.05) is 19.1 Å². The Labute approximate surface area is 105 Å². The van der Waals surface area contributed by atoms with Gasteiger partial charge in [-0.2, -0.15) is 0 Å². The third-order valence-electron chi connectivity index (χ3n) is 4.19. The van der Waals surface area contributed by atoms with E-state index in [1.807, 2.05) is 11.8 Å². The molecule has 0 spiro atoms. The van der Waals surface area contributed by atoms with Crippen molar-refractivity contribution >= 4 is 5.91 Å². The van der Waals surface area contributed by atoms with Crippen LogP contribution in [0.5, 0.6) is 0 Å². The molecular formula is C13H27N3O. The Balaban J connectivity index is 2.42. The summed E-state index contributed by atoms with van der Waals surface area (Å²) in [5, 5.41) is 3.31. The Morgan fingerprint density at radius 2 is 2.18 bits per heavy atom. The average molecular weight is 241 g/mol. The molecule has 1 saturated heterocycles. The van der Waals surface area contributed by atoms with Crippen LogP contribution in [-0.2, 0) is 4.79 Å². The van der Waals surface area contributed by atoms with Gasteiger partial charge >= 0.3 is 0 Å². The van der Waals surface area contributed by atoms with Crippen molar-refractivity contribution in [3.05, 3.63) is 0 Å². The zero-order chi connectivity index (χ0) is 13.1. The van der Waals surface area contributed by atoms with Crippen LogP contribution in [0, 0.1) is 0 Å². The predicted molar refractivity (Wildman–Crippen MR) is 70.8 cm³/mol. The van der Waals surface area contributed by atoms with Crippen molar-refractivity contribution in [1.29, 1.82) is 0 Å². The zero-order valence-corrected chi connectivity index (χ0v) is 11.9. The van der Waals surface area contributed by atoms with E-state index < -0.39 is 0 Å². The predicted octanol–water partition coefficient (Wildman–Crippen LogP) is 1.27. The molecule has 1 rings (SSSR count). The zero-order valence-electron chi connectivity index (χ0n) is 11.9. The highest BCUT2D eigenvalue weighted by molar-refractivity contribution is 5.87. The molecular weight excluding hydrogens is 214 g/mol. The van der Waals surface area contributed by atoms with E-state index in [1.165, 1.54) is 0 Å². The topological polar surface area (TPSA) is 35.6 Å². The van der Waals surface area contributed by atoms with Crippen LogP contribution in [0.15, 0.2) is 0 Å². The molecule has 2 atom stereocenters. The SMILES string of the molecule is CCC(C)N(C)CCN1CNC(C)(CC)C1=O. The minimum Gasteiger partial charge on any atom is -0.327 e. The molecule has 1 aliphatic rings. The maximum atomic E-state index is 12.2. The molecule has 1 heterocycles. The summed E-state index contributed by atoms with van der Waals surface area (Å²) >= 11 is 0. The third-order valence-corrected chi connectivity index (χ3v) is 4.19. The Bertz CT molecular complexity index is 269. The Kier molecular flexibility index (Phi) is 4.95. The van der Waals surface area contributed by atoms with Crippen LogP contribution in [0.4, 0.5) is 0 Å². The molecule has 0 saturated carbocycles. The minimum absolute atomic E-state index is 0.248. The summed E-state index contributed by atoms with van der Waals surface area (Å²) in [5.74, 6) is 0.248. The van der Waals surface area contributed by atoms with Gasteiger partial charge in [0.2, 0.25) is 5.91 Å².